The third-order valence-electron chi connectivity index (χ3n) is 4.01. The lowest BCUT2D eigenvalue weighted by atomic mass is 9.81. The number of carboxylic acid groups (broad SMARTS) is 1. The smallest absolute Gasteiger partial charge is 0.303 e. The molecular weight excluding hydrogens is 240 g/mol. The average molecular weight is 262 g/mol. The first-order valence-corrected chi connectivity index (χ1v) is 6.83. The number of pyridine rings is 1. The highest BCUT2D eigenvalue weighted by Crippen LogP contribution is 2.34. The van der Waals surface area contributed by atoms with E-state index in [4.69, 9.17) is 5.11 Å². The summed E-state index contributed by atoms with van der Waals surface area (Å²) in [6.07, 6.45) is 5.90. The SMILES string of the molecule is CC1(C)CC(CC(=O)O)CCN1Cc1cccnc1. The fraction of sp³-hybridized carbons (Fsp3) is 0.600. The van der Waals surface area contributed by atoms with Crippen LogP contribution in [0.1, 0.15) is 38.7 Å². The number of piperidine rings is 1. The maximum Gasteiger partial charge on any atom is 0.303 e. The normalized spacial score (nSPS) is 23.2. The summed E-state index contributed by atoms with van der Waals surface area (Å²) in [5, 5.41) is 8.92. The van der Waals surface area contributed by atoms with Gasteiger partial charge < -0.3 is 5.11 Å². The van der Waals surface area contributed by atoms with Crippen LogP contribution in [0.4, 0.5) is 0 Å². The van der Waals surface area contributed by atoms with Gasteiger partial charge in [0, 0.05) is 30.9 Å². The zero-order chi connectivity index (χ0) is 13.9. The summed E-state index contributed by atoms with van der Waals surface area (Å²) in [4.78, 5) is 17.4. The second-order valence-corrected chi connectivity index (χ2v) is 6.05. The summed E-state index contributed by atoms with van der Waals surface area (Å²) in [6.45, 7) is 6.26. The third kappa shape index (κ3) is 3.77. The minimum absolute atomic E-state index is 0.0498. The Morgan fingerprint density at radius 1 is 1.58 bits per heavy atom. The van der Waals surface area contributed by atoms with Crippen molar-refractivity contribution in [3.63, 3.8) is 0 Å². The Hall–Kier alpha value is -1.42. The molecule has 1 aliphatic rings. The van der Waals surface area contributed by atoms with Gasteiger partial charge in [-0.1, -0.05) is 6.07 Å². The van der Waals surface area contributed by atoms with Crippen LogP contribution in [0, 0.1) is 5.92 Å². The Labute approximate surface area is 114 Å². The van der Waals surface area contributed by atoms with Crippen LogP contribution in [-0.2, 0) is 11.3 Å². The van der Waals surface area contributed by atoms with Gasteiger partial charge in [-0.25, -0.2) is 0 Å². The standard InChI is InChI=1S/C15H22N2O2/c1-15(2)9-12(8-14(18)19)5-7-17(15)11-13-4-3-6-16-10-13/h3-4,6,10,12H,5,7-9,11H2,1-2H3,(H,18,19). The van der Waals surface area contributed by atoms with Crippen LogP contribution >= 0.6 is 0 Å². The summed E-state index contributed by atoms with van der Waals surface area (Å²) in [7, 11) is 0. The van der Waals surface area contributed by atoms with E-state index in [1.165, 1.54) is 5.56 Å². The van der Waals surface area contributed by atoms with E-state index in [1.807, 2.05) is 12.3 Å². The molecule has 0 spiro atoms. The van der Waals surface area contributed by atoms with Crippen LogP contribution in [0.3, 0.4) is 0 Å². The van der Waals surface area contributed by atoms with Gasteiger partial charge in [-0.05, 0) is 50.8 Å². The monoisotopic (exact) mass is 262 g/mol. The van der Waals surface area contributed by atoms with E-state index >= 15 is 0 Å². The molecule has 1 aliphatic heterocycles. The Morgan fingerprint density at radius 2 is 2.37 bits per heavy atom. The number of nitrogens with zero attached hydrogens (tertiary/aromatic N) is 2. The molecule has 1 saturated heterocycles. The number of hydrogen-bond acceptors (Lipinski definition) is 3. The summed E-state index contributed by atoms with van der Waals surface area (Å²) < 4.78 is 0. The minimum atomic E-state index is -0.679. The van der Waals surface area contributed by atoms with Crippen molar-refractivity contribution >= 4 is 5.97 Å². The lowest BCUT2D eigenvalue weighted by Crippen LogP contribution is -2.49. The predicted octanol–water partition coefficient (Wildman–Crippen LogP) is 2.55. The van der Waals surface area contributed by atoms with E-state index in [0.29, 0.717) is 12.3 Å². The van der Waals surface area contributed by atoms with Gasteiger partial charge in [0.1, 0.15) is 0 Å². The van der Waals surface area contributed by atoms with Crippen molar-refractivity contribution < 1.29 is 9.90 Å². The molecule has 1 fully saturated rings. The molecule has 4 heteroatoms. The van der Waals surface area contributed by atoms with Crippen LogP contribution in [0.15, 0.2) is 24.5 Å². The summed E-state index contributed by atoms with van der Waals surface area (Å²) in [5.41, 5.74) is 1.26. The molecule has 2 rings (SSSR count). The molecule has 2 heterocycles. The number of aliphatic carboxylic acids is 1. The highest BCUT2D eigenvalue weighted by Gasteiger charge is 2.35. The number of aromatic nitrogens is 1. The van der Waals surface area contributed by atoms with Gasteiger partial charge in [0.15, 0.2) is 0 Å². The number of rotatable bonds is 4. The maximum absolute atomic E-state index is 10.8. The highest BCUT2D eigenvalue weighted by molar-refractivity contribution is 5.67. The van der Waals surface area contributed by atoms with Crippen molar-refractivity contribution in [3.8, 4) is 0 Å². The summed E-state index contributed by atoms with van der Waals surface area (Å²) in [5.74, 6) is -0.376. The Balaban J connectivity index is 1.98. The van der Waals surface area contributed by atoms with Gasteiger partial charge in [-0.2, -0.15) is 0 Å². The van der Waals surface area contributed by atoms with E-state index in [-0.39, 0.29) is 5.54 Å². The molecule has 19 heavy (non-hydrogen) atoms. The van der Waals surface area contributed by atoms with Gasteiger partial charge in [0.25, 0.3) is 0 Å². The molecule has 4 nitrogen and oxygen atoms in total. The first-order chi connectivity index (χ1) is 8.97. The van der Waals surface area contributed by atoms with Crippen molar-refractivity contribution in [1.82, 2.24) is 9.88 Å². The number of carboxylic acids is 1. The molecule has 1 unspecified atom stereocenters. The van der Waals surface area contributed by atoms with Crippen LogP contribution in [0.2, 0.25) is 0 Å². The van der Waals surface area contributed by atoms with Crippen molar-refractivity contribution in [2.24, 2.45) is 5.92 Å². The fourth-order valence-electron chi connectivity index (χ4n) is 3.00. The number of likely N-dealkylation sites (tertiary alicyclic amines) is 1. The van der Waals surface area contributed by atoms with Crippen molar-refractivity contribution in [2.75, 3.05) is 6.54 Å². The van der Waals surface area contributed by atoms with E-state index in [2.05, 4.69) is 29.8 Å². The van der Waals surface area contributed by atoms with Gasteiger partial charge in [0.2, 0.25) is 0 Å². The van der Waals surface area contributed by atoms with Crippen molar-refractivity contribution in [2.45, 2.75) is 45.2 Å². The third-order valence-corrected chi connectivity index (χ3v) is 4.01. The van der Waals surface area contributed by atoms with Crippen LogP contribution in [0.25, 0.3) is 0 Å². The molecule has 1 aromatic rings. The van der Waals surface area contributed by atoms with Gasteiger partial charge >= 0.3 is 5.97 Å². The lowest BCUT2D eigenvalue weighted by molar-refractivity contribution is -0.139. The molecule has 0 aromatic carbocycles. The molecule has 1 N–H and O–H groups in total. The molecule has 104 valence electrons. The largest absolute Gasteiger partial charge is 0.481 e. The zero-order valence-corrected chi connectivity index (χ0v) is 11.7. The Kier molecular flexibility index (Phi) is 4.20. The fourth-order valence-corrected chi connectivity index (χ4v) is 3.00. The molecule has 0 radical (unpaired) electrons. The highest BCUT2D eigenvalue weighted by atomic mass is 16.4. The van der Waals surface area contributed by atoms with Crippen LogP contribution < -0.4 is 0 Å². The number of hydrogen-bond donors (Lipinski definition) is 1. The first kappa shape index (κ1) is 14.0. The van der Waals surface area contributed by atoms with Crippen LogP contribution in [0.5, 0.6) is 0 Å². The molecule has 0 aliphatic carbocycles. The lowest BCUT2D eigenvalue weighted by Gasteiger charge is -2.45. The van der Waals surface area contributed by atoms with E-state index in [9.17, 15) is 4.79 Å². The molecule has 0 bridgehead atoms. The Bertz CT molecular complexity index is 431. The summed E-state index contributed by atoms with van der Waals surface area (Å²) in [6, 6.07) is 4.05. The van der Waals surface area contributed by atoms with Gasteiger partial charge in [-0.3, -0.25) is 14.7 Å². The molecular formula is C15H22N2O2. The molecule has 0 saturated carbocycles. The first-order valence-electron chi connectivity index (χ1n) is 6.83. The van der Waals surface area contributed by atoms with Crippen molar-refractivity contribution in [1.29, 1.82) is 0 Å². The van der Waals surface area contributed by atoms with Crippen molar-refractivity contribution in [3.05, 3.63) is 30.1 Å². The quantitative estimate of drug-likeness (QED) is 0.906. The Morgan fingerprint density at radius 3 is 2.95 bits per heavy atom. The topological polar surface area (TPSA) is 53.4 Å². The second kappa shape index (κ2) is 5.70. The second-order valence-electron chi connectivity index (χ2n) is 6.05. The van der Waals surface area contributed by atoms with Crippen LogP contribution in [-0.4, -0.2) is 33.0 Å². The van der Waals surface area contributed by atoms with Gasteiger partial charge in [-0.15, -0.1) is 0 Å². The zero-order valence-electron chi connectivity index (χ0n) is 11.7. The predicted molar refractivity (Wildman–Crippen MR) is 73.7 cm³/mol. The molecule has 1 atom stereocenters. The van der Waals surface area contributed by atoms with E-state index < -0.39 is 5.97 Å². The maximum atomic E-state index is 10.8. The number of carbonyl (C=O) groups is 1. The molecule has 1 aromatic heterocycles. The average Bonchev–Trinajstić information content (AvgIpc) is 2.33. The van der Waals surface area contributed by atoms with E-state index in [1.54, 1.807) is 6.20 Å². The van der Waals surface area contributed by atoms with E-state index in [0.717, 1.165) is 25.9 Å². The minimum Gasteiger partial charge on any atom is -0.481 e. The summed E-state index contributed by atoms with van der Waals surface area (Å²) >= 11 is 0. The van der Waals surface area contributed by atoms with Gasteiger partial charge in [0.05, 0.1) is 0 Å². The molecule has 0 amide bonds.